The third-order valence-corrected chi connectivity index (χ3v) is 9.14. The van der Waals surface area contributed by atoms with Crippen LogP contribution in [0.3, 0.4) is 0 Å². The van der Waals surface area contributed by atoms with Crippen LogP contribution in [0, 0.1) is 11.8 Å². The number of thioether (sulfide) groups is 1. The van der Waals surface area contributed by atoms with Crippen LogP contribution in [-0.4, -0.2) is 82.6 Å². The first-order valence-electron chi connectivity index (χ1n) is 11.3. The predicted molar refractivity (Wildman–Crippen MR) is 130 cm³/mol. The molecule has 1 aromatic rings. The molecule has 4 rings (SSSR count). The number of rotatable bonds is 8. The number of likely N-dealkylation sites (N-methyl/N-ethyl adjacent to an activating group) is 1. The first-order valence-corrected chi connectivity index (χ1v) is 13.1. The summed E-state index contributed by atoms with van der Waals surface area (Å²) in [5.74, 6) is -2.18. The second-order valence-corrected chi connectivity index (χ2v) is 11.7. The number of fused-ring (bicyclic) bond motifs is 1. The maximum absolute atomic E-state index is 13.1. The number of amides is 3. The van der Waals surface area contributed by atoms with Crippen molar-refractivity contribution in [3.05, 3.63) is 33.0 Å². The molecule has 6 atom stereocenters. The van der Waals surface area contributed by atoms with Crippen LogP contribution in [0.25, 0.3) is 0 Å². The Labute approximate surface area is 206 Å². The van der Waals surface area contributed by atoms with Gasteiger partial charge in [-0.2, -0.15) is 0 Å². The lowest BCUT2D eigenvalue weighted by Crippen LogP contribution is -2.66. The van der Waals surface area contributed by atoms with E-state index in [0.717, 1.165) is 4.88 Å². The van der Waals surface area contributed by atoms with Gasteiger partial charge in [0.25, 0.3) is 0 Å². The molecular formula is C23H30N4O5S2. The number of hydrogen-bond acceptors (Lipinski definition) is 7. The molecule has 0 radical (unpaired) electrons. The van der Waals surface area contributed by atoms with Gasteiger partial charge in [-0.15, -0.1) is 23.1 Å². The number of nitrogens with one attached hydrogen (secondary N) is 2. The smallest absolute Gasteiger partial charge is 0.353 e. The number of carbonyl (C=O) groups excluding carboxylic acids is 3. The molecule has 3 aliphatic rings. The lowest BCUT2D eigenvalue weighted by atomic mass is 9.78. The summed E-state index contributed by atoms with van der Waals surface area (Å²) in [6.45, 7) is 4.35. The van der Waals surface area contributed by atoms with Crippen molar-refractivity contribution in [2.45, 2.75) is 50.1 Å². The van der Waals surface area contributed by atoms with E-state index in [1.165, 1.54) is 28.0 Å². The summed E-state index contributed by atoms with van der Waals surface area (Å²) in [4.78, 5) is 54.5. The minimum Gasteiger partial charge on any atom is -0.477 e. The van der Waals surface area contributed by atoms with Crippen molar-refractivity contribution in [1.82, 2.24) is 20.4 Å². The number of β-lactam (4-membered cyclic amide) rings is 1. The van der Waals surface area contributed by atoms with Gasteiger partial charge in [-0.05, 0) is 24.8 Å². The highest BCUT2D eigenvalue weighted by atomic mass is 32.2. The molecule has 1 aromatic heterocycles. The van der Waals surface area contributed by atoms with E-state index >= 15 is 0 Å². The van der Waals surface area contributed by atoms with E-state index in [2.05, 4.69) is 10.6 Å². The van der Waals surface area contributed by atoms with Gasteiger partial charge < -0.3 is 25.5 Å². The molecule has 2 saturated heterocycles. The molecule has 0 bridgehead atoms. The molecule has 0 unspecified atom stereocenters. The van der Waals surface area contributed by atoms with Gasteiger partial charge in [-0.1, -0.05) is 13.0 Å². The summed E-state index contributed by atoms with van der Waals surface area (Å²) in [5, 5.41) is 18.0. The van der Waals surface area contributed by atoms with E-state index in [1.54, 1.807) is 19.0 Å². The highest BCUT2D eigenvalue weighted by Gasteiger charge is 2.60. The summed E-state index contributed by atoms with van der Waals surface area (Å²) >= 11 is 2.96. The van der Waals surface area contributed by atoms with Gasteiger partial charge in [0.1, 0.15) is 5.70 Å². The van der Waals surface area contributed by atoms with Crippen LogP contribution in [0.4, 0.5) is 0 Å². The zero-order chi connectivity index (χ0) is 24.7. The van der Waals surface area contributed by atoms with Gasteiger partial charge in [0, 0.05) is 47.6 Å². The second-order valence-electron chi connectivity index (χ2n) is 9.31. The van der Waals surface area contributed by atoms with Gasteiger partial charge >= 0.3 is 5.97 Å². The van der Waals surface area contributed by atoms with Gasteiger partial charge in [0.05, 0.1) is 24.4 Å². The zero-order valence-electron chi connectivity index (χ0n) is 19.6. The number of aliphatic carboxylic acids is 1. The SMILES string of the molecule is C[C@H](NC(=O)Cc1cccs1)[C@H]1C(=O)N2C(C(=O)O)=C(S[C@@H]3CN[C@H](C(=O)N(C)C)C3)[C@H](C)[C@H]12. The Bertz CT molecular complexity index is 1020. The van der Waals surface area contributed by atoms with Gasteiger partial charge in [0.2, 0.25) is 17.7 Å². The lowest BCUT2D eigenvalue weighted by Gasteiger charge is -2.47. The Balaban J connectivity index is 1.44. The quantitative estimate of drug-likeness (QED) is 0.452. The average Bonchev–Trinajstić information content (AvgIpc) is 3.48. The third-order valence-electron chi connectivity index (χ3n) is 6.76. The number of carbonyl (C=O) groups is 4. The fourth-order valence-electron chi connectivity index (χ4n) is 5.14. The predicted octanol–water partition coefficient (Wildman–Crippen LogP) is 1.12. The lowest BCUT2D eigenvalue weighted by molar-refractivity contribution is -0.158. The molecule has 0 aromatic carbocycles. The van der Waals surface area contributed by atoms with E-state index < -0.39 is 17.9 Å². The number of thiophene rings is 1. The van der Waals surface area contributed by atoms with E-state index in [-0.39, 0.29) is 53.1 Å². The Hall–Kier alpha value is -2.37. The maximum atomic E-state index is 13.1. The van der Waals surface area contributed by atoms with Crippen LogP contribution in [0.2, 0.25) is 0 Å². The molecule has 4 heterocycles. The Morgan fingerprint density at radius 2 is 2.12 bits per heavy atom. The summed E-state index contributed by atoms with van der Waals surface area (Å²) in [6.07, 6.45) is 0.857. The van der Waals surface area contributed by atoms with E-state index in [0.29, 0.717) is 17.9 Å². The summed E-state index contributed by atoms with van der Waals surface area (Å²) < 4.78 is 0. The molecule has 9 nitrogen and oxygen atoms in total. The normalized spacial score (nSPS) is 29.0. The van der Waals surface area contributed by atoms with E-state index in [1.807, 2.05) is 31.4 Å². The molecule has 184 valence electrons. The van der Waals surface area contributed by atoms with Crippen molar-refractivity contribution in [2.24, 2.45) is 11.8 Å². The molecule has 34 heavy (non-hydrogen) atoms. The monoisotopic (exact) mass is 506 g/mol. The van der Waals surface area contributed by atoms with Crippen molar-refractivity contribution in [1.29, 1.82) is 0 Å². The standard InChI is InChI=1S/C23H30N4O5S2/c1-11-18-17(12(2)25-16(28)9-13-6-5-7-33-13)22(30)27(18)19(23(31)32)20(11)34-14-8-15(24-10-14)21(29)26(3)4/h5-7,11-12,14-15,17-18,24H,8-10H2,1-4H3,(H,25,28)(H,31,32)/t11-,12+,14+,15+,17-,18-/m1/s1. The van der Waals surface area contributed by atoms with Crippen LogP contribution in [0.1, 0.15) is 25.1 Å². The van der Waals surface area contributed by atoms with Gasteiger partial charge in [-0.25, -0.2) is 4.79 Å². The first kappa shape index (κ1) is 24.7. The molecule has 0 aliphatic carbocycles. The Morgan fingerprint density at radius 3 is 2.74 bits per heavy atom. The van der Waals surface area contributed by atoms with Crippen LogP contribution >= 0.6 is 23.1 Å². The number of carboxylic acids is 1. The van der Waals surface area contributed by atoms with Crippen molar-refractivity contribution in [3.8, 4) is 0 Å². The molecule has 3 amide bonds. The average molecular weight is 507 g/mol. The minimum atomic E-state index is -1.12. The maximum Gasteiger partial charge on any atom is 0.353 e. The van der Waals surface area contributed by atoms with E-state index in [9.17, 15) is 24.3 Å². The molecule has 0 spiro atoms. The van der Waals surface area contributed by atoms with Crippen molar-refractivity contribution in [2.75, 3.05) is 20.6 Å². The molecule has 2 fully saturated rings. The second kappa shape index (κ2) is 9.71. The van der Waals surface area contributed by atoms with Crippen molar-refractivity contribution >= 4 is 46.8 Å². The van der Waals surface area contributed by atoms with E-state index in [4.69, 9.17) is 0 Å². The third kappa shape index (κ3) is 4.48. The van der Waals surface area contributed by atoms with Crippen molar-refractivity contribution < 1.29 is 24.3 Å². The zero-order valence-corrected chi connectivity index (χ0v) is 21.2. The minimum absolute atomic E-state index is 0.00110. The molecule has 0 saturated carbocycles. The summed E-state index contributed by atoms with van der Waals surface area (Å²) in [6, 6.07) is 2.79. The van der Waals surface area contributed by atoms with Crippen LogP contribution in [0.5, 0.6) is 0 Å². The molecule has 11 heteroatoms. The largest absolute Gasteiger partial charge is 0.477 e. The fourth-order valence-corrected chi connectivity index (χ4v) is 7.32. The van der Waals surface area contributed by atoms with Crippen LogP contribution in [0.15, 0.2) is 28.1 Å². The first-order chi connectivity index (χ1) is 16.1. The Morgan fingerprint density at radius 1 is 1.38 bits per heavy atom. The van der Waals surface area contributed by atoms with Crippen LogP contribution in [-0.2, 0) is 25.6 Å². The van der Waals surface area contributed by atoms with Gasteiger partial charge in [0.15, 0.2) is 0 Å². The summed E-state index contributed by atoms with van der Waals surface area (Å²) in [5.41, 5.74) is 0.0447. The fraction of sp³-hybridized carbons (Fsp3) is 0.565. The molecule has 3 aliphatic heterocycles. The Kier molecular flexibility index (Phi) is 7.07. The van der Waals surface area contributed by atoms with Gasteiger partial charge in [-0.3, -0.25) is 14.4 Å². The molecular weight excluding hydrogens is 476 g/mol. The highest BCUT2D eigenvalue weighted by Crippen LogP contribution is 2.51. The number of nitrogens with zero attached hydrogens (tertiary/aromatic N) is 2. The topological polar surface area (TPSA) is 119 Å². The highest BCUT2D eigenvalue weighted by molar-refractivity contribution is 8.03. The molecule has 3 N–H and O–H groups in total. The van der Waals surface area contributed by atoms with Crippen molar-refractivity contribution in [3.63, 3.8) is 0 Å². The number of hydrogen-bond donors (Lipinski definition) is 3. The summed E-state index contributed by atoms with van der Waals surface area (Å²) in [7, 11) is 3.43. The van der Waals surface area contributed by atoms with Crippen LogP contribution < -0.4 is 10.6 Å². The number of carboxylic acid groups (broad SMARTS) is 1.